The van der Waals surface area contributed by atoms with Crippen LogP contribution in [0.1, 0.15) is 5.69 Å². The Labute approximate surface area is 81.9 Å². The van der Waals surface area contributed by atoms with Crippen molar-refractivity contribution in [1.82, 2.24) is 4.98 Å². The number of halogens is 4. The number of aromatic nitrogens is 1. The van der Waals surface area contributed by atoms with Gasteiger partial charge in [0.05, 0.1) is 18.2 Å². The van der Waals surface area contributed by atoms with Crippen molar-refractivity contribution in [3.8, 4) is 11.8 Å². The third-order valence-corrected chi connectivity index (χ3v) is 1.37. The first-order valence-corrected chi connectivity index (χ1v) is 3.70. The molecular formula is C8H4F4N2O. The van der Waals surface area contributed by atoms with Gasteiger partial charge in [-0.3, -0.25) is 0 Å². The first kappa shape index (κ1) is 11.2. The molecule has 0 fully saturated rings. The molecule has 0 N–H and O–H groups in total. The first-order chi connectivity index (χ1) is 6.92. The third-order valence-electron chi connectivity index (χ3n) is 1.37. The summed E-state index contributed by atoms with van der Waals surface area (Å²) in [4.78, 5) is 3.13. The number of pyridine rings is 1. The molecule has 0 radical (unpaired) electrons. The molecular weight excluding hydrogens is 216 g/mol. The summed E-state index contributed by atoms with van der Waals surface area (Å²) in [7, 11) is 0. The monoisotopic (exact) mass is 220 g/mol. The Morgan fingerprint density at radius 2 is 2.07 bits per heavy atom. The van der Waals surface area contributed by atoms with Gasteiger partial charge in [-0.05, 0) is 12.1 Å². The van der Waals surface area contributed by atoms with E-state index >= 15 is 0 Å². The summed E-state index contributed by atoms with van der Waals surface area (Å²) < 4.78 is 51.6. The lowest BCUT2D eigenvalue weighted by Gasteiger charge is -2.10. The highest BCUT2D eigenvalue weighted by Crippen LogP contribution is 2.25. The minimum atomic E-state index is -4.89. The van der Waals surface area contributed by atoms with Crippen molar-refractivity contribution in [1.29, 1.82) is 5.26 Å². The summed E-state index contributed by atoms with van der Waals surface area (Å²) in [5, 5.41) is 8.28. The van der Waals surface area contributed by atoms with Crippen LogP contribution in [0.5, 0.6) is 5.75 Å². The van der Waals surface area contributed by atoms with E-state index in [1.807, 2.05) is 0 Å². The molecule has 0 aromatic carbocycles. The molecule has 0 unspecified atom stereocenters. The van der Waals surface area contributed by atoms with Crippen LogP contribution in [0, 0.1) is 17.3 Å². The summed E-state index contributed by atoms with van der Waals surface area (Å²) in [6.45, 7) is 0. The van der Waals surface area contributed by atoms with Gasteiger partial charge in [0.25, 0.3) is 0 Å². The second kappa shape index (κ2) is 4.13. The van der Waals surface area contributed by atoms with Gasteiger partial charge in [0.2, 0.25) is 5.95 Å². The highest BCUT2D eigenvalue weighted by atomic mass is 19.4. The van der Waals surface area contributed by atoms with Crippen LogP contribution in [-0.4, -0.2) is 11.3 Å². The van der Waals surface area contributed by atoms with Gasteiger partial charge in [-0.15, -0.1) is 13.2 Å². The maximum Gasteiger partial charge on any atom is 0.573 e. The summed E-state index contributed by atoms with van der Waals surface area (Å²) in [5.74, 6) is -1.62. The van der Waals surface area contributed by atoms with E-state index in [2.05, 4.69) is 9.72 Å². The first-order valence-electron chi connectivity index (χ1n) is 3.70. The van der Waals surface area contributed by atoms with Gasteiger partial charge in [-0.2, -0.15) is 9.65 Å². The number of hydrogen-bond donors (Lipinski definition) is 0. The normalized spacial score (nSPS) is 10.9. The van der Waals surface area contributed by atoms with Crippen molar-refractivity contribution in [3.63, 3.8) is 0 Å². The van der Waals surface area contributed by atoms with E-state index < -0.39 is 24.5 Å². The van der Waals surface area contributed by atoms with Crippen molar-refractivity contribution in [2.75, 3.05) is 0 Å². The summed E-state index contributed by atoms with van der Waals surface area (Å²) in [6.07, 6.45) is -5.34. The van der Waals surface area contributed by atoms with E-state index in [1.165, 1.54) is 0 Å². The summed E-state index contributed by atoms with van der Waals surface area (Å²) in [6, 6.07) is 3.07. The molecule has 3 nitrogen and oxygen atoms in total. The Morgan fingerprint density at radius 1 is 1.40 bits per heavy atom. The van der Waals surface area contributed by atoms with E-state index in [-0.39, 0.29) is 5.69 Å². The van der Waals surface area contributed by atoms with E-state index in [1.54, 1.807) is 6.07 Å². The molecule has 0 aliphatic carbocycles. The zero-order valence-corrected chi connectivity index (χ0v) is 7.18. The van der Waals surface area contributed by atoms with Crippen molar-refractivity contribution < 1.29 is 22.3 Å². The number of rotatable bonds is 2. The van der Waals surface area contributed by atoms with Crippen LogP contribution in [-0.2, 0) is 6.42 Å². The molecule has 15 heavy (non-hydrogen) atoms. The zero-order valence-electron chi connectivity index (χ0n) is 7.18. The highest BCUT2D eigenvalue weighted by Gasteiger charge is 2.32. The minimum absolute atomic E-state index is 0.380. The highest BCUT2D eigenvalue weighted by molar-refractivity contribution is 5.29. The number of alkyl halides is 3. The second-order valence-electron chi connectivity index (χ2n) is 2.46. The van der Waals surface area contributed by atoms with Crippen LogP contribution in [0.2, 0.25) is 0 Å². The van der Waals surface area contributed by atoms with Gasteiger partial charge in [0.15, 0.2) is 5.75 Å². The number of hydrogen-bond acceptors (Lipinski definition) is 3. The molecule has 0 saturated carbocycles. The van der Waals surface area contributed by atoms with Gasteiger partial charge in [0.1, 0.15) is 0 Å². The second-order valence-corrected chi connectivity index (χ2v) is 2.46. The molecule has 7 heteroatoms. The van der Waals surface area contributed by atoms with Gasteiger partial charge in [-0.25, -0.2) is 4.98 Å². The Bertz CT molecular complexity index is 397. The summed E-state index contributed by atoms with van der Waals surface area (Å²) in [5.41, 5.74) is -0.380. The molecule has 80 valence electrons. The number of nitrogens with zero attached hydrogens (tertiary/aromatic N) is 2. The van der Waals surface area contributed by atoms with Crippen molar-refractivity contribution in [2.45, 2.75) is 12.8 Å². The zero-order chi connectivity index (χ0) is 11.5. The van der Waals surface area contributed by atoms with Crippen LogP contribution in [0.15, 0.2) is 12.1 Å². The Morgan fingerprint density at radius 3 is 2.60 bits per heavy atom. The molecule has 1 heterocycles. The molecule has 0 atom stereocenters. The molecule has 0 saturated heterocycles. The fourth-order valence-electron chi connectivity index (χ4n) is 0.881. The maximum absolute atomic E-state index is 12.5. The van der Waals surface area contributed by atoms with Crippen LogP contribution in [0.3, 0.4) is 0 Å². The Kier molecular flexibility index (Phi) is 3.09. The fourth-order valence-corrected chi connectivity index (χ4v) is 0.881. The molecule has 1 aromatic heterocycles. The van der Waals surface area contributed by atoms with Crippen molar-refractivity contribution >= 4 is 0 Å². The molecule has 0 aliphatic rings. The lowest BCUT2D eigenvalue weighted by Crippen LogP contribution is -2.18. The molecule has 0 spiro atoms. The Hall–Kier alpha value is -1.84. The third kappa shape index (κ3) is 3.42. The molecule has 0 bridgehead atoms. The lowest BCUT2D eigenvalue weighted by molar-refractivity contribution is -0.275. The van der Waals surface area contributed by atoms with E-state index in [0.29, 0.717) is 0 Å². The molecule has 1 aromatic rings. The van der Waals surface area contributed by atoms with Crippen LogP contribution in [0.4, 0.5) is 17.6 Å². The minimum Gasteiger partial charge on any atom is -0.404 e. The maximum atomic E-state index is 12.5. The standard InChI is InChI=1S/C8H4F4N2O/c9-7-2-1-6(15-8(10,11)12)5(14-7)3-4-13/h1-2H,3H2. The lowest BCUT2D eigenvalue weighted by atomic mass is 10.2. The van der Waals surface area contributed by atoms with Crippen LogP contribution < -0.4 is 4.74 Å². The van der Waals surface area contributed by atoms with Gasteiger partial charge < -0.3 is 4.74 Å². The number of ether oxygens (including phenoxy) is 1. The van der Waals surface area contributed by atoms with Crippen LogP contribution >= 0.6 is 0 Å². The topological polar surface area (TPSA) is 45.9 Å². The van der Waals surface area contributed by atoms with E-state index in [4.69, 9.17) is 5.26 Å². The predicted octanol–water partition coefficient (Wildman–Crippen LogP) is 2.19. The van der Waals surface area contributed by atoms with Crippen LogP contribution in [0.25, 0.3) is 0 Å². The van der Waals surface area contributed by atoms with Gasteiger partial charge in [0, 0.05) is 0 Å². The number of nitriles is 1. The van der Waals surface area contributed by atoms with Crippen molar-refractivity contribution in [3.05, 3.63) is 23.8 Å². The molecule has 1 rings (SSSR count). The fraction of sp³-hybridized carbons (Fsp3) is 0.250. The van der Waals surface area contributed by atoms with E-state index in [0.717, 1.165) is 12.1 Å². The molecule has 0 aliphatic heterocycles. The Balaban J connectivity index is 3.02. The van der Waals surface area contributed by atoms with Gasteiger partial charge >= 0.3 is 6.36 Å². The predicted molar refractivity (Wildman–Crippen MR) is 40.2 cm³/mol. The van der Waals surface area contributed by atoms with Gasteiger partial charge in [-0.1, -0.05) is 0 Å². The summed E-state index contributed by atoms with van der Waals surface area (Å²) >= 11 is 0. The van der Waals surface area contributed by atoms with Crippen molar-refractivity contribution in [2.24, 2.45) is 0 Å². The average Bonchev–Trinajstić information content (AvgIpc) is 2.08. The average molecular weight is 220 g/mol. The smallest absolute Gasteiger partial charge is 0.404 e. The largest absolute Gasteiger partial charge is 0.573 e. The SMILES string of the molecule is N#CCc1nc(F)ccc1OC(F)(F)F. The molecule has 0 amide bonds. The quantitative estimate of drug-likeness (QED) is 0.566. The van der Waals surface area contributed by atoms with E-state index in [9.17, 15) is 17.6 Å².